The van der Waals surface area contributed by atoms with Gasteiger partial charge in [-0.3, -0.25) is 4.31 Å². The van der Waals surface area contributed by atoms with Crippen molar-refractivity contribution in [3.05, 3.63) is 95.1 Å². The standard InChI is InChI=1S/C21H19F2NO2S/c1-15-6-5-8-19(12-15)24(14-17-10-11-18(22)13-20(17)23)27(25,26)21-9-4-3-7-16(21)2/h3-13H,14H2,1-2H3. The SMILES string of the molecule is Cc1cccc(N(Cc2ccc(F)cc2F)S(=O)(=O)c2ccccc2C)c1. The van der Waals surface area contributed by atoms with E-state index in [0.29, 0.717) is 11.3 Å². The molecule has 0 aliphatic carbocycles. The van der Waals surface area contributed by atoms with Crippen LogP contribution in [0.2, 0.25) is 0 Å². The first-order valence-corrected chi connectivity index (χ1v) is 9.82. The fourth-order valence-corrected chi connectivity index (χ4v) is 4.53. The molecule has 6 heteroatoms. The minimum atomic E-state index is -3.95. The zero-order valence-electron chi connectivity index (χ0n) is 15.0. The highest BCUT2D eigenvalue weighted by atomic mass is 32.2. The Morgan fingerprint density at radius 3 is 2.30 bits per heavy atom. The van der Waals surface area contributed by atoms with E-state index < -0.39 is 21.7 Å². The quantitative estimate of drug-likeness (QED) is 0.619. The topological polar surface area (TPSA) is 37.4 Å². The van der Waals surface area contributed by atoms with Gasteiger partial charge in [-0.25, -0.2) is 17.2 Å². The van der Waals surface area contributed by atoms with Gasteiger partial charge in [0.1, 0.15) is 11.6 Å². The van der Waals surface area contributed by atoms with Crippen molar-refractivity contribution in [2.75, 3.05) is 4.31 Å². The number of anilines is 1. The molecule has 3 aromatic rings. The highest BCUT2D eigenvalue weighted by Gasteiger charge is 2.27. The van der Waals surface area contributed by atoms with E-state index in [-0.39, 0.29) is 17.0 Å². The number of aryl methyl sites for hydroxylation is 2. The summed E-state index contributed by atoms with van der Waals surface area (Å²) in [7, 11) is -3.95. The number of hydrogen-bond donors (Lipinski definition) is 0. The van der Waals surface area contributed by atoms with Crippen LogP contribution < -0.4 is 4.31 Å². The Labute approximate surface area is 157 Å². The Kier molecular flexibility index (Phi) is 5.28. The number of hydrogen-bond acceptors (Lipinski definition) is 2. The largest absolute Gasteiger partial charge is 0.264 e. The Bertz CT molecular complexity index is 1080. The molecule has 0 aromatic heterocycles. The van der Waals surface area contributed by atoms with Crippen molar-refractivity contribution >= 4 is 15.7 Å². The fraction of sp³-hybridized carbons (Fsp3) is 0.143. The zero-order valence-corrected chi connectivity index (χ0v) is 15.8. The molecule has 0 saturated heterocycles. The molecule has 0 amide bonds. The third kappa shape index (κ3) is 4.01. The first kappa shape index (κ1) is 19.0. The van der Waals surface area contributed by atoms with Crippen molar-refractivity contribution in [1.82, 2.24) is 0 Å². The number of sulfonamides is 1. The van der Waals surface area contributed by atoms with Gasteiger partial charge in [0.25, 0.3) is 10.0 Å². The van der Waals surface area contributed by atoms with E-state index in [1.54, 1.807) is 43.3 Å². The van der Waals surface area contributed by atoms with E-state index in [2.05, 4.69) is 0 Å². The lowest BCUT2D eigenvalue weighted by Gasteiger charge is -2.26. The molecule has 3 nitrogen and oxygen atoms in total. The molecule has 3 rings (SSSR count). The van der Waals surface area contributed by atoms with Crippen LogP contribution in [0.1, 0.15) is 16.7 Å². The summed E-state index contributed by atoms with van der Waals surface area (Å²) in [6.45, 7) is 3.31. The van der Waals surface area contributed by atoms with E-state index in [4.69, 9.17) is 0 Å². The lowest BCUT2D eigenvalue weighted by atomic mass is 10.2. The summed E-state index contributed by atoms with van der Waals surface area (Å²) >= 11 is 0. The molecule has 0 unspecified atom stereocenters. The summed E-state index contributed by atoms with van der Waals surface area (Å²) in [6.07, 6.45) is 0. The Morgan fingerprint density at radius 2 is 1.63 bits per heavy atom. The molecular weight excluding hydrogens is 368 g/mol. The fourth-order valence-electron chi connectivity index (χ4n) is 2.87. The maximum atomic E-state index is 14.2. The smallest absolute Gasteiger partial charge is 0.262 e. The molecule has 140 valence electrons. The zero-order chi connectivity index (χ0) is 19.6. The number of rotatable bonds is 5. The van der Waals surface area contributed by atoms with Crippen LogP contribution in [0.4, 0.5) is 14.5 Å². The van der Waals surface area contributed by atoms with Gasteiger partial charge in [0.2, 0.25) is 0 Å². The second-order valence-electron chi connectivity index (χ2n) is 6.35. The first-order valence-electron chi connectivity index (χ1n) is 8.38. The molecule has 0 fully saturated rings. The van der Waals surface area contributed by atoms with E-state index >= 15 is 0 Å². The number of benzene rings is 3. The lowest BCUT2D eigenvalue weighted by molar-refractivity contribution is 0.569. The van der Waals surface area contributed by atoms with Gasteiger partial charge in [0, 0.05) is 11.6 Å². The molecule has 0 atom stereocenters. The van der Waals surface area contributed by atoms with E-state index in [9.17, 15) is 17.2 Å². The van der Waals surface area contributed by atoms with Gasteiger partial charge in [0.05, 0.1) is 17.1 Å². The number of halogens is 2. The molecular formula is C21H19F2NO2S. The molecule has 0 saturated carbocycles. The van der Waals surface area contributed by atoms with Crippen molar-refractivity contribution in [3.63, 3.8) is 0 Å². The summed E-state index contributed by atoms with van der Waals surface area (Å²) in [6, 6.07) is 16.7. The van der Waals surface area contributed by atoms with Crippen LogP contribution >= 0.6 is 0 Å². The normalized spacial score (nSPS) is 11.4. The maximum absolute atomic E-state index is 14.2. The third-order valence-electron chi connectivity index (χ3n) is 4.28. The van der Waals surface area contributed by atoms with Crippen LogP contribution in [0.25, 0.3) is 0 Å². The van der Waals surface area contributed by atoms with Crippen LogP contribution in [0.15, 0.2) is 71.6 Å². The van der Waals surface area contributed by atoms with Gasteiger partial charge in [-0.1, -0.05) is 36.4 Å². The van der Waals surface area contributed by atoms with E-state index in [1.807, 2.05) is 13.0 Å². The van der Waals surface area contributed by atoms with Crippen molar-refractivity contribution in [2.45, 2.75) is 25.3 Å². The van der Waals surface area contributed by atoms with Crippen molar-refractivity contribution < 1.29 is 17.2 Å². The highest BCUT2D eigenvalue weighted by molar-refractivity contribution is 7.92. The summed E-state index contributed by atoms with van der Waals surface area (Å²) in [5.41, 5.74) is 1.98. The molecule has 27 heavy (non-hydrogen) atoms. The second-order valence-corrected chi connectivity index (χ2v) is 8.18. The third-order valence-corrected chi connectivity index (χ3v) is 6.21. The predicted molar refractivity (Wildman–Crippen MR) is 102 cm³/mol. The van der Waals surface area contributed by atoms with Gasteiger partial charge in [0.15, 0.2) is 0 Å². The summed E-state index contributed by atoms with van der Waals surface area (Å²) in [5.74, 6) is -1.49. The van der Waals surface area contributed by atoms with Gasteiger partial charge in [-0.15, -0.1) is 0 Å². The molecule has 0 bridgehead atoms. The summed E-state index contributed by atoms with van der Waals surface area (Å²) < 4.78 is 55.4. The summed E-state index contributed by atoms with van der Waals surface area (Å²) in [5, 5.41) is 0. The van der Waals surface area contributed by atoms with Crippen molar-refractivity contribution in [3.8, 4) is 0 Å². The molecule has 0 aliphatic rings. The Hall–Kier alpha value is -2.73. The van der Waals surface area contributed by atoms with Gasteiger partial charge in [-0.05, 0) is 49.2 Å². The van der Waals surface area contributed by atoms with Gasteiger partial charge in [-0.2, -0.15) is 0 Å². The van der Waals surface area contributed by atoms with Gasteiger partial charge < -0.3 is 0 Å². The minimum absolute atomic E-state index is 0.0927. The van der Waals surface area contributed by atoms with Crippen LogP contribution in [-0.4, -0.2) is 8.42 Å². The van der Waals surface area contributed by atoms with E-state index in [1.165, 1.54) is 12.1 Å². The van der Waals surface area contributed by atoms with Crippen LogP contribution in [0.3, 0.4) is 0 Å². The molecule has 0 aliphatic heterocycles. The minimum Gasteiger partial charge on any atom is -0.262 e. The highest BCUT2D eigenvalue weighted by Crippen LogP contribution is 2.29. The molecule has 0 heterocycles. The average Bonchev–Trinajstić information content (AvgIpc) is 2.61. The maximum Gasteiger partial charge on any atom is 0.264 e. The van der Waals surface area contributed by atoms with Gasteiger partial charge >= 0.3 is 0 Å². The predicted octanol–water partition coefficient (Wildman–Crippen LogP) is 4.98. The summed E-state index contributed by atoms with van der Waals surface area (Å²) in [4.78, 5) is 0.147. The van der Waals surface area contributed by atoms with Crippen LogP contribution in [0, 0.1) is 25.5 Å². The average molecular weight is 387 g/mol. The Morgan fingerprint density at radius 1 is 0.889 bits per heavy atom. The monoisotopic (exact) mass is 387 g/mol. The molecule has 0 radical (unpaired) electrons. The van der Waals surface area contributed by atoms with Crippen LogP contribution in [-0.2, 0) is 16.6 Å². The van der Waals surface area contributed by atoms with Crippen LogP contribution in [0.5, 0.6) is 0 Å². The lowest BCUT2D eigenvalue weighted by Crippen LogP contribution is -2.31. The second kappa shape index (κ2) is 7.48. The molecule has 0 N–H and O–H groups in total. The van der Waals surface area contributed by atoms with E-state index in [0.717, 1.165) is 22.0 Å². The number of nitrogens with zero attached hydrogens (tertiary/aromatic N) is 1. The Balaban J connectivity index is 2.14. The molecule has 0 spiro atoms. The first-order chi connectivity index (χ1) is 12.8. The van der Waals surface area contributed by atoms with Crippen molar-refractivity contribution in [1.29, 1.82) is 0 Å². The van der Waals surface area contributed by atoms with Crippen molar-refractivity contribution in [2.24, 2.45) is 0 Å². The molecule has 3 aromatic carbocycles.